The van der Waals surface area contributed by atoms with E-state index in [1.807, 2.05) is 26.0 Å². The Morgan fingerprint density at radius 1 is 1.29 bits per heavy atom. The van der Waals surface area contributed by atoms with Crippen LogP contribution in [-0.2, 0) is 4.79 Å². The molecule has 0 aromatic heterocycles. The van der Waals surface area contributed by atoms with Crippen molar-refractivity contribution < 1.29 is 19.1 Å². The fraction of sp³-hybridized carbons (Fsp3) is 0.333. The SMILES string of the molecule is COc1cccc(/C=C2/SC(=O)N(C)C2=O)c1OC(C)C. The molecule has 0 bridgehead atoms. The van der Waals surface area contributed by atoms with Crippen LogP contribution >= 0.6 is 11.8 Å². The van der Waals surface area contributed by atoms with Gasteiger partial charge in [-0.05, 0) is 37.8 Å². The second kappa shape index (κ2) is 6.22. The zero-order chi connectivity index (χ0) is 15.6. The maximum absolute atomic E-state index is 12.0. The number of ether oxygens (including phenoxy) is 2. The summed E-state index contributed by atoms with van der Waals surface area (Å²) in [6.45, 7) is 3.83. The van der Waals surface area contributed by atoms with E-state index in [-0.39, 0.29) is 17.3 Å². The van der Waals surface area contributed by atoms with Gasteiger partial charge in [0, 0.05) is 12.6 Å². The third kappa shape index (κ3) is 3.21. The molecule has 0 saturated carbocycles. The van der Waals surface area contributed by atoms with Crippen molar-refractivity contribution in [2.75, 3.05) is 14.2 Å². The third-order valence-corrected chi connectivity index (χ3v) is 3.82. The Labute approximate surface area is 127 Å². The Morgan fingerprint density at radius 3 is 2.52 bits per heavy atom. The summed E-state index contributed by atoms with van der Waals surface area (Å²) in [6, 6.07) is 5.43. The predicted molar refractivity (Wildman–Crippen MR) is 82.5 cm³/mol. The highest BCUT2D eigenvalue weighted by atomic mass is 32.2. The zero-order valence-corrected chi connectivity index (χ0v) is 13.2. The summed E-state index contributed by atoms with van der Waals surface area (Å²) < 4.78 is 11.1. The molecule has 6 heteroatoms. The molecule has 0 aliphatic carbocycles. The van der Waals surface area contributed by atoms with Crippen molar-refractivity contribution in [3.05, 3.63) is 28.7 Å². The van der Waals surface area contributed by atoms with Gasteiger partial charge in [0.25, 0.3) is 11.1 Å². The smallest absolute Gasteiger partial charge is 0.293 e. The number of carbonyl (C=O) groups is 2. The minimum atomic E-state index is -0.302. The van der Waals surface area contributed by atoms with Crippen molar-refractivity contribution in [2.45, 2.75) is 20.0 Å². The lowest BCUT2D eigenvalue weighted by Gasteiger charge is -2.16. The lowest BCUT2D eigenvalue weighted by Crippen LogP contribution is -2.22. The van der Waals surface area contributed by atoms with E-state index in [0.717, 1.165) is 16.7 Å². The number of amides is 2. The molecule has 1 heterocycles. The minimum absolute atomic E-state index is 0.0327. The Hall–Kier alpha value is -1.95. The van der Waals surface area contributed by atoms with Gasteiger partial charge in [0.1, 0.15) is 0 Å². The van der Waals surface area contributed by atoms with Crippen molar-refractivity contribution >= 4 is 29.0 Å². The molecule has 1 aromatic rings. The van der Waals surface area contributed by atoms with Crippen LogP contribution in [0.15, 0.2) is 23.1 Å². The van der Waals surface area contributed by atoms with Crippen LogP contribution < -0.4 is 9.47 Å². The van der Waals surface area contributed by atoms with Crippen LogP contribution in [0.4, 0.5) is 4.79 Å². The Kier molecular flexibility index (Phi) is 4.57. The van der Waals surface area contributed by atoms with Gasteiger partial charge in [0.2, 0.25) is 0 Å². The predicted octanol–water partition coefficient (Wildman–Crippen LogP) is 3.15. The number of benzene rings is 1. The summed E-state index contributed by atoms with van der Waals surface area (Å²) in [6.07, 6.45) is 1.63. The Balaban J connectivity index is 2.44. The summed E-state index contributed by atoms with van der Waals surface area (Å²) in [5, 5.41) is -0.277. The number of para-hydroxylation sites is 1. The number of imide groups is 1. The highest BCUT2D eigenvalue weighted by Gasteiger charge is 2.32. The van der Waals surface area contributed by atoms with Crippen molar-refractivity contribution in [3.8, 4) is 11.5 Å². The topological polar surface area (TPSA) is 55.8 Å². The van der Waals surface area contributed by atoms with Crippen molar-refractivity contribution in [2.24, 2.45) is 0 Å². The minimum Gasteiger partial charge on any atom is -0.493 e. The van der Waals surface area contributed by atoms with Crippen LogP contribution in [0.5, 0.6) is 11.5 Å². The molecule has 0 N–H and O–H groups in total. The Bertz CT molecular complexity index is 610. The molecule has 112 valence electrons. The maximum atomic E-state index is 12.0. The van der Waals surface area contributed by atoms with Gasteiger partial charge in [0.05, 0.1) is 18.1 Å². The van der Waals surface area contributed by atoms with E-state index in [1.54, 1.807) is 19.3 Å². The first-order valence-electron chi connectivity index (χ1n) is 6.49. The molecule has 1 aliphatic heterocycles. The molecular formula is C15H17NO4S. The van der Waals surface area contributed by atoms with Crippen LogP contribution in [0.3, 0.4) is 0 Å². The normalized spacial score (nSPS) is 17.0. The van der Waals surface area contributed by atoms with Gasteiger partial charge in [-0.25, -0.2) is 0 Å². The summed E-state index contributed by atoms with van der Waals surface area (Å²) in [5.74, 6) is 0.856. The lowest BCUT2D eigenvalue weighted by atomic mass is 10.1. The van der Waals surface area contributed by atoms with E-state index in [4.69, 9.17) is 9.47 Å². The third-order valence-electron chi connectivity index (χ3n) is 2.86. The van der Waals surface area contributed by atoms with Gasteiger partial charge in [-0.3, -0.25) is 14.5 Å². The van der Waals surface area contributed by atoms with Gasteiger partial charge in [-0.15, -0.1) is 0 Å². The van der Waals surface area contributed by atoms with E-state index >= 15 is 0 Å². The molecular weight excluding hydrogens is 290 g/mol. The van der Waals surface area contributed by atoms with E-state index in [9.17, 15) is 9.59 Å². The first-order chi connectivity index (χ1) is 9.93. The molecule has 2 rings (SSSR count). The van der Waals surface area contributed by atoms with Crippen LogP contribution in [0.25, 0.3) is 6.08 Å². The molecule has 0 spiro atoms. The number of rotatable bonds is 4. The van der Waals surface area contributed by atoms with Crippen molar-refractivity contribution in [3.63, 3.8) is 0 Å². The molecule has 1 aromatic carbocycles. The van der Waals surface area contributed by atoms with Gasteiger partial charge in [-0.1, -0.05) is 12.1 Å². The number of nitrogens with zero attached hydrogens (tertiary/aromatic N) is 1. The fourth-order valence-electron chi connectivity index (χ4n) is 1.86. The van der Waals surface area contributed by atoms with Crippen LogP contribution in [0.2, 0.25) is 0 Å². The number of hydrogen-bond acceptors (Lipinski definition) is 5. The molecule has 0 atom stereocenters. The fourth-order valence-corrected chi connectivity index (χ4v) is 2.67. The van der Waals surface area contributed by atoms with Gasteiger partial charge in [0.15, 0.2) is 11.5 Å². The standard InChI is InChI=1S/C15H17NO4S/c1-9(2)20-13-10(6-5-7-11(13)19-4)8-12-14(17)16(3)15(18)21-12/h5-9H,1-4H3/b12-8+. The second-order valence-corrected chi connectivity index (χ2v) is 5.78. The number of hydrogen-bond donors (Lipinski definition) is 0. The highest BCUT2D eigenvalue weighted by Crippen LogP contribution is 2.37. The molecule has 1 fully saturated rings. The van der Waals surface area contributed by atoms with Crippen LogP contribution in [0, 0.1) is 0 Å². The van der Waals surface area contributed by atoms with E-state index in [2.05, 4.69) is 0 Å². The largest absolute Gasteiger partial charge is 0.493 e. The first kappa shape index (κ1) is 15.4. The first-order valence-corrected chi connectivity index (χ1v) is 7.31. The number of methoxy groups -OCH3 is 1. The van der Waals surface area contributed by atoms with E-state index in [0.29, 0.717) is 22.0 Å². The quantitative estimate of drug-likeness (QED) is 0.800. The molecule has 21 heavy (non-hydrogen) atoms. The van der Waals surface area contributed by atoms with Crippen LogP contribution in [-0.4, -0.2) is 36.3 Å². The molecule has 0 radical (unpaired) electrons. The maximum Gasteiger partial charge on any atom is 0.293 e. The average molecular weight is 307 g/mol. The van der Waals surface area contributed by atoms with Crippen LogP contribution in [0.1, 0.15) is 19.4 Å². The number of carbonyl (C=O) groups excluding carboxylic acids is 2. The summed E-state index contributed by atoms with van der Waals surface area (Å²) >= 11 is 0.920. The second-order valence-electron chi connectivity index (χ2n) is 4.79. The van der Waals surface area contributed by atoms with Gasteiger partial charge in [-0.2, -0.15) is 0 Å². The highest BCUT2D eigenvalue weighted by molar-refractivity contribution is 8.18. The number of likely N-dealkylation sites (N-methyl/N-ethyl adjacent to an activating group) is 1. The summed E-state index contributed by atoms with van der Waals surface area (Å²) in [4.78, 5) is 25.0. The van der Waals surface area contributed by atoms with Gasteiger partial charge >= 0.3 is 0 Å². The van der Waals surface area contributed by atoms with E-state index < -0.39 is 0 Å². The summed E-state index contributed by atoms with van der Waals surface area (Å²) in [5.41, 5.74) is 0.710. The Morgan fingerprint density at radius 2 is 2.00 bits per heavy atom. The monoisotopic (exact) mass is 307 g/mol. The molecule has 1 saturated heterocycles. The molecule has 0 unspecified atom stereocenters. The van der Waals surface area contributed by atoms with Crippen molar-refractivity contribution in [1.82, 2.24) is 4.90 Å². The lowest BCUT2D eigenvalue weighted by molar-refractivity contribution is -0.121. The van der Waals surface area contributed by atoms with E-state index in [1.165, 1.54) is 7.05 Å². The number of thioether (sulfide) groups is 1. The zero-order valence-electron chi connectivity index (χ0n) is 12.4. The molecule has 5 nitrogen and oxygen atoms in total. The summed E-state index contributed by atoms with van der Waals surface area (Å²) in [7, 11) is 3.03. The molecule has 1 aliphatic rings. The van der Waals surface area contributed by atoms with Gasteiger partial charge < -0.3 is 9.47 Å². The average Bonchev–Trinajstić information content (AvgIpc) is 2.67. The molecule has 2 amide bonds. The van der Waals surface area contributed by atoms with Crippen molar-refractivity contribution in [1.29, 1.82) is 0 Å².